The molecule has 0 spiro atoms. The van der Waals surface area contributed by atoms with Gasteiger partial charge in [0.2, 0.25) is 5.91 Å². The Morgan fingerprint density at radius 3 is 2.45 bits per heavy atom. The van der Waals surface area contributed by atoms with E-state index < -0.39 is 6.61 Å². The Bertz CT molecular complexity index is 606. The van der Waals surface area contributed by atoms with E-state index in [-0.39, 0.29) is 18.2 Å². The average Bonchev–Trinajstić information content (AvgIpc) is 2.52. The molecule has 0 bridgehead atoms. The number of alkyl halides is 2. The van der Waals surface area contributed by atoms with E-state index in [2.05, 4.69) is 15.4 Å². The molecule has 2 rings (SSSR count). The molecule has 0 aliphatic rings. The summed E-state index contributed by atoms with van der Waals surface area (Å²) in [6.45, 7) is -2.53. The quantitative estimate of drug-likeness (QED) is 0.827. The number of rotatable bonds is 7. The summed E-state index contributed by atoms with van der Waals surface area (Å²) in [5.41, 5.74) is 1.33. The van der Waals surface area contributed by atoms with Crippen LogP contribution < -0.4 is 15.4 Å². The molecule has 6 heteroatoms. The Morgan fingerprint density at radius 2 is 1.73 bits per heavy atom. The molecule has 0 atom stereocenters. The minimum absolute atomic E-state index is 0.00774. The third-order valence-electron chi connectivity index (χ3n) is 2.88. The van der Waals surface area contributed by atoms with Crippen LogP contribution in [0.2, 0.25) is 0 Å². The van der Waals surface area contributed by atoms with Crippen molar-refractivity contribution in [2.24, 2.45) is 0 Å². The second-order valence-corrected chi connectivity index (χ2v) is 4.49. The lowest BCUT2D eigenvalue weighted by Gasteiger charge is -2.12. The van der Waals surface area contributed by atoms with Gasteiger partial charge in [0.25, 0.3) is 0 Å². The summed E-state index contributed by atoms with van der Waals surface area (Å²) in [4.78, 5) is 11.8. The van der Waals surface area contributed by atoms with Gasteiger partial charge in [-0.1, -0.05) is 42.5 Å². The normalized spacial score (nSPS) is 10.3. The fraction of sp³-hybridized carbons (Fsp3) is 0.188. The first kappa shape index (κ1) is 15.8. The van der Waals surface area contributed by atoms with Gasteiger partial charge in [0.1, 0.15) is 5.75 Å². The molecular formula is C16H16F2N2O2. The summed E-state index contributed by atoms with van der Waals surface area (Å²) in [7, 11) is 0. The SMILES string of the molecule is O=C(CNc1ccccc1OC(F)F)NCc1ccccc1. The molecule has 0 aliphatic carbocycles. The highest BCUT2D eigenvalue weighted by atomic mass is 19.3. The van der Waals surface area contributed by atoms with Crippen LogP contribution in [0, 0.1) is 0 Å². The highest BCUT2D eigenvalue weighted by Crippen LogP contribution is 2.25. The number of carbonyl (C=O) groups excluding carboxylic acids is 1. The smallest absolute Gasteiger partial charge is 0.387 e. The highest BCUT2D eigenvalue weighted by molar-refractivity contribution is 5.81. The summed E-state index contributed by atoms with van der Waals surface area (Å²) in [6, 6.07) is 15.7. The van der Waals surface area contributed by atoms with Crippen LogP contribution in [0.4, 0.5) is 14.5 Å². The third kappa shape index (κ3) is 5.05. The molecule has 0 saturated carbocycles. The van der Waals surface area contributed by atoms with Crippen molar-refractivity contribution in [3.63, 3.8) is 0 Å². The van der Waals surface area contributed by atoms with Gasteiger partial charge in [-0.25, -0.2) is 0 Å². The minimum atomic E-state index is -2.91. The molecule has 116 valence electrons. The maximum absolute atomic E-state index is 12.3. The Labute approximate surface area is 127 Å². The average molecular weight is 306 g/mol. The molecule has 1 amide bonds. The monoisotopic (exact) mass is 306 g/mol. The molecule has 22 heavy (non-hydrogen) atoms. The van der Waals surface area contributed by atoms with E-state index in [0.29, 0.717) is 12.2 Å². The van der Waals surface area contributed by atoms with E-state index in [0.717, 1.165) is 5.56 Å². The Kier molecular flexibility index (Phi) is 5.71. The Morgan fingerprint density at radius 1 is 1.05 bits per heavy atom. The second kappa shape index (κ2) is 7.97. The van der Waals surface area contributed by atoms with Crippen LogP contribution in [-0.2, 0) is 11.3 Å². The van der Waals surface area contributed by atoms with Crippen LogP contribution in [0.5, 0.6) is 5.75 Å². The number of para-hydroxylation sites is 2. The topological polar surface area (TPSA) is 50.4 Å². The minimum Gasteiger partial charge on any atom is -0.433 e. The second-order valence-electron chi connectivity index (χ2n) is 4.49. The van der Waals surface area contributed by atoms with Gasteiger partial charge in [-0.05, 0) is 17.7 Å². The third-order valence-corrected chi connectivity index (χ3v) is 2.88. The van der Waals surface area contributed by atoms with Crippen LogP contribution in [-0.4, -0.2) is 19.1 Å². The molecule has 0 fully saturated rings. The van der Waals surface area contributed by atoms with Gasteiger partial charge in [0.05, 0.1) is 12.2 Å². The maximum atomic E-state index is 12.3. The lowest BCUT2D eigenvalue weighted by Crippen LogP contribution is -2.29. The molecule has 0 radical (unpaired) electrons. The molecule has 2 aromatic rings. The van der Waals surface area contributed by atoms with E-state index in [1.807, 2.05) is 30.3 Å². The van der Waals surface area contributed by atoms with Gasteiger partial charge in [-0.2, -0.15) is 8.78 Å². The van der Waals surface area contributed by atoms with Crippen molar-refractivity contribution in [1.29, 1.82) is 0 Å². The van der Waals surface area contributed by atoms with Crippen molar-refractivity contribution >= 4 is 11.6 Å². The fourth-order valence-electron chi connectivity index (χ4n) is 1.85. The van der Waals surface area contributed by atoms with Gasteiger partial charge in [-0.3, -0.25) is 4.79 Å². The van der Waals surface area contributed by atoms with Gasteiger partial charge >= 0.3 is 6.61 Å². The molecule has 0 aromatic heterocycles. The standard InChI is InChI=1S/C16H16F2N2O2/c17-16(18)22-14-9-5-4-8-13(14)19-11-15(21)20-10-12-6-2-1-3-7-12/h1-9,16,19H,10-11H2,(H,20,21). The molecule has 0 aliphatic heterocycles. The van der Waals surface area contributed by atoms with Crippen molar-refractivity contribution in [3.05, 3.63) is 60.2 Å². The molecule has 0 unspecified atom stereocenters. The summed E-state index contributed by atoms with van der Waals surface area (Å²) < 4.78 is 28.9. The van der Waals surface area contributed by atoms with Gasteiger partial charge in [-0.15, -0.1) is 0 Å². The molecule has 0 heterocycles. The molecule has 4 nitrogen and oxygen atoms in total. The molecular weight excluding hydrogens is 290 g/mol. The number of benzene rings is 2. The molecule has 2 aromatic carbocycles. The van der Waals surface area contributed by atoms with Gasteiger partial charge in [0, 0.05) is 6.54 Å². The zero-order chi connectivity index (χ0) is 15.8. The number of nitrogens with one attached hydrogen (secondary N) is 2. The lowest BCUT2D eigenvalue weighted by molar-refractivity contribution is -0.119. The number of halogens is 2. The predicted molar refractivity (Wildman–Crippen MR) is 79.9 cm³/mol. The van der Waals surface area contributed by atoms with Crippen molar-refractivity contribution < 1.29 is 18.3 Å². The zero-order valence-corrected chi connectivity index (χ0v) is 11.8. The molecule has 0 saturated heterocycles. The largest absolute Gasteiger partial charge is 0.433 e. The molecule has 2 N–H and O–H groups in total. The lowest BCUT2D eigenvalue weighted by atomic mass is 10.2. The van der Waals surface area contributed by atoms with E-state index in [1.165, 1.54) is 6.07 Å². The van der Waals surface area contributed by atoms with E-state index in [4.69, 9.17) is 0 Å². The van der Waals surface area contributed by atoms with Gasteiger partial charge < -0.3 is 15.4 Å². The summed E-state index contributed by atoms with van der Waals surface area (Å²) in [5, 5.41) is 5.52. The van der Waals surface area contributed by atoms with Crippen LogP contribution >= 0.6 is 0 Å². The van der Waals surface area contributed by atoms with Crippen LogP contribution in [0.1, 0.15) is 5.56 Å². The van der Waals surface area contributed by atoms with Gasteiger partial charge in [0.15, 0.2) is 0 Å². The van der Waals surface area contributed by atoms with Crippen molar-refractivity contribution in [2.45, 2.75) is 13.2 Å². The summed E-state index contributed by atoms with van der Waals surface area (Å²) >= 11 is 0. The number of anilines is 1. The number of carbonyl (C=O) groups is 1. The number of ether oxygens (including phenoxy) is 1. The van der Waals surface area contributed by atoms with Crippen molar-refractivity contribution in [3.8, 4) is 5.75 Å². The van der Waals surface area contributed by atoms with E-state index >= 15 is 0 Å². The summed E-state index contributed by atoms with van der Waals surface area (Å²) in [5.74, 6) is -0.232. The van der Waals surface area contributed by atoms with E-state index in [1.54, 1.807) is 18.2 Å². The van der Waals surface area contributed by atoms with Crippen LogP contribution in [0.15, 0.2) is 54.6 Å². The Balaban J connectivity index is 1.83. The number of amides is 1. The maximum Gasteiger partial charge on any atom is 0.387 e. The fourth-order valence-corrected chi connectivity index (χ4v) is 1.85. The Hall–Kier alpha value is -2.63. The zero-order valence-electron chi connectivity index (χ0n) is 11.8. The summed E-state index contributed by atoms with van der Waals surface area (Å²) in [6.07, 6.45) is 0. The number of hydrogen-bond acceptors (Lipinski definition) is 3. The predicted octanol–water partition coefficient (Wildman–Crippen LogP) is 3.02. The first-order valence-electron chi connectivity index (χ1n) is 6.73. The van der Waals surface area contributed by atoms with E-state index in [9.17, 15) is 13.6 Å². The van der Waals surface area contributed by atoms with Crippen molar-refractivity contribution in [1.82, 2.24) is 5.32 Å². The van der Waals surface area contributed by atoms with Crippen LogP contribution in [0.25, 0.3) is 0 Å². The van der Waals surface area contributed by atoms with Crippen molar-refractivity contribution in [2.75, 3.05) is 11.9 Å². The number of hydrogen-bond donors (Lipinski definition) is 2. The van der Waals surface area contributed by atoms with Crippen LogP contribution in [0.3, 0.4) is 0 Å². The highest BCUT2D eigenvalue weighted by Gasteiger charge is 2.09. The first-order chi connectivity index (χ1) is 10.6. The first-order valence-corrected chi connectivity index (χ1v) is 6.73.